The third kappa shape index (κ3) is 8.21. The molecule has 1 heterocycles. The third-order valence-electron chi connectivity index (χ3n) is 16.2. The number of rotatable bonds is 10. The van der Waals surface area contributed by atoms with E-state index in [9.17, 15) is 0 Å². The van der Waals surface area contributed by atoms with E-state index in [4.69, 9.17) is 0 Å². The first-order chi connectivity index (χ1) is 39.7. The smallest absolute Gasteiger partial charge is 0.0541 e. The predicted molar refractivity (Wildman–Crippen MR) is 341 cm³/mol. The largest absolute Gasteiger partial charge is 0.311 e. The van der Waals surface area contributed by atoms with Crippen LogP contribution in [0.1, 0.15) is 0 Å². The molecule has 2 nitrogen and oxygen atoms in total. The first kappa shape index (κ1) is 46.7. The lowest BCUT2D eigenvalue weighted by molar-refractivity contribution is 1.18. The van der Waals surface area contributed by atoms with Gasteiger partial charge in [0.2, 0.25) is 0 Å². The molecule has 374 valence electrons. The summed E-state index contributed by atoms with van der Waals surface area (Å²) in [5.74, 6) is 0. The number of hydrogen-bond acceptors (Lipinski definition) is 1. The van der Waals surface area contributed by atoms with Crippen LogP contribution in [0.3, 0.4) is 0 Å². The molecule has 0 saturated carbocycles. The molecule has 0 amide bonds. The highest BCUT2D eigenvalue weighted by Crippen LogP contribution is 2.45. The van der Waals surface area contributed by atoms with Gasteiger partial charge >= 0.3 is 0 Å². The number of hydrogen-bond donors (Lipinski definition) is 0. The van der Waals surface area contributed by atoms with Crippen LogP contribution in [0.2, 0.25) is 0 Å². The van der Waals surface area contributed by atoms with Crippen molar-refractivity contribution in [1.82, 2.24) is 4.57 Å². The lowest BCUT2D eigenvalue weighted by atomic mass is 9.86. The highest BCUT2D eigenvalue weighted by Gasteiger charge is 2.19. The number of nitrogens with zero attached hydrogens (tertiary/aromatic N) is 2. The van der Waals surface area contributed by atoms with Crippen molar-refractivity contribution >= 4 is 71.2 Å². The van der Waals surface area contributed by atoms with E-state index in [1.165, 1.54) is 127 Å². The summed E-state index contributed by atoms with van der Waals surface area (Å²) in [7, 11) is 0. The number of para-hydroxylation sites is 2. The molecular formula is C78H52N2. The van der Waals surface area contributed by atoms with E-state index >= 15 is 0 Å². The van der Waals surface area contributed by atoms with Gasteiger partial charge in [0.05, 0.1) is 11.0 Å². The maximum Gasteiger partial charge on any atom is 0.0541 e. The zero-order chi connectivity index (χ0) is 52.9. The van der Waals surface area contributed by atoms with Crippen molar-refractivity contribution in [3.05, 3.63) is 315 Å². The van der Waals surface area contributed by atoms with Gasteiger partial charge in [-0.25, -0.2) is 0 Å². The number of anilines is 3. The van der Waals surface area contributed by atoms with E-state index in [1.54, 1.807) is 0 Å². The molecule has 0 radical (unpaired) electrons. The van der Waals surface area contributed by atoms with Crippen LogP contribution in [0.4, 0.5) is 17.1 Å². The summed E-state index contributed by atoms with van der Waals surface area (Å²) in [5.41, 5.74) is 21.3. The molecule has 1 aromatic heterocycles. The van der Waals surface area contributed by atoms with Crippen LogP contribution < -0.4 is 4.90 Å². The Morgan fingerprint density at radius 3 is 1.11 bits per heavy atom. The summed E-state index contributed by atoms with van der Waals surface area (Å²) >= 11 is 0. The van der Waals surface area contributed by atoms with Crippen LogP contribution in [0.15, 0.2) is 315 Å². The molecule has 14 aromatic carbocycles. The molecule has 0 bridgehead atoms. The summed E-state index contributed by atoms with van der Waals surface area (Å²) in [6, 6.07) is 115. The molecule has 0 spiro atoms. The summed E-state index contributed by atoms with van der Waals surface area (Å²) in [6.45, 7) is 0. The van der Waals surface area contributed by atoms with Gasteiger partial charge in [0.15, 0.2) is 0 Å². The van der Waals surface area contributed by atoms with Gasteiger partial charge in [-0.05, 0) is 166 Å². The second-order valence-corrected chi connectivity index (χ2v) is 20.8. The van der Waals surface area contributed by atoms with Gasteiger partial charge in [-0.1, -0.05) is 249 Å². The van der Waals surface area contributed by atoms with E-state index in [-0.39, 0.29) is 0 Å². The van der Waals surface area contributed by atoms with Crippen molar-refractivity contribution in [3.63, 3.8) is 0 Å². The van der Waals surface area contributed by atoms with Crippen LogP contribution in [-0.2, 0) is 0 Å². The zero-order valence-corrected chi connectivity index (χ0v) is 43.9. The minimum atomic E-state index is 1.08. The van der Waals surface area contributed by atoms with Crippen molar-refractivity contribution in [2.45, 2.75) is 0 Å². The normalized spacial score (nSPS) is 11.5. The SMILES string of the molecule is c1ccc(-c2c3ccccc3c(-c3ccc(-c4ccc(N(c5ccc(-c6ccc(-c7ccc8c(c7)c7ccccc7n8-c7ccccc7)cc6)cc5)c5ccc(-c6cccc7ccccc67)cc5)cc4)cc3)c3ccccc23)cc1. The molecule has 0 saturated heterocycles. The lowest BCUT2D eigenvalue weighted by Gasteiger charge is -2.26. The van der Waals surface area contributed by atoms with E-state index < -0.39 is 0 Å². The highest BCUT2D eigenvalue weighted by atomic mass is 15.1. The van der Waals surface area contributed by atoms with Crippen LogP contribution in [0, 0.1) is 0 Å². The van der Waals surface area contributed by atoms with Crippen LogP contribution in [0.5, 0.6) is 0 Å². The Labute approximate surface area is 466 Å². The highest BCUT2D eigenvalue weighted by molar-refractivity contribution is 6.21. The molecular weight excluding hydrogens is 965 g/mol. The van der Waals surface area contributed by atoms with Gasteiger partial charge in [0.1, 0.15) is 0 Å². The number of fused-ring (bicyclic) bond motifs is 6. The molecule has 15 rings (SSSR count). The fourth-order valence-corrected chi connectivity index (χ4v) is 12.4. The van der Waals surface area contributed by atoms with E-state index in [1.807, 2.05) is 0 Å². The predicted octanol–water partition coefficient (Wildman–Crippen LogP) is 21.7. The lowest BCUT2D eigenvalue weighted by Crippen LogP contribution is -2.09. The Morgan fingerprint density at radius 1 is 0.212 bits per heavy atom. The molecule has 0 N–H and O–H groups in total. The molecule has 2 heteroatoms. The minimum absolute atomic E-state index is 1.08. The Hall–Kier alpha value is -10.5. The average molecular weight is 1020 g/mol. The van der Waals surface area contributed by atoms with Gasteiger partial charge < -0.3 is 9.47 Å². The Balaban J connectivity index is 0.751. The van der Waals surface area contributed by atoms with Gasteiger partial charge in [0, 0.05) is 33.5 Å². The molecule has 0 aliphatic heterocycles. The van der Waals surface area contributed by atoms with Gasteiger partial charge in [0.25, 0.3) is 0 Å². The summed E-state index contributed by atoms with van der Waals surface area (Å²) in [6.07, 6.45) is 0. The minimum Gasteiger partial charge on any atom is -0.311 e. The number of aromatic nitrogens is 1. The fraction of sp³-hybridized carbons (Fsp3) is 0. The zero-order valence-electron chi connectivity index (χ0n) is 43.9. The Kier molecular flexibility index (Phi) is 11.6. The van der Waals surface area contributed by atoms with Crippen molar-refractivity contribution in [1.29, 1.82) is 0 Å². The fourth-order valence-electron chi connectivity index (χ4n) is 12.4. The molecule has 0 aliphatic carbocycles. The monoisotopic (exact) mass is 1020 g/mol. The van der Waals surface area contributed by atoms with Gasteiger partial charge in [-0.15, -0.1) is 0 Å². The van der Waals surface area contributed by atoms with Crippen molar-refractivity contribution < 1.29 is 0 Å². The standard InChI is InChI=1S/C78H52N2/c1-3-17-60(18-4-1)77-70-24-9-11-26-72(70)78(73-27-12-10-25-71(73)77)61-36-34-54(35-37-61)56-40-47-65(48-41-56)79(66-49-42-59(43-50-66)68-28-15-19-58-16-7-8-22-67(58)68)64-45-38-55(39-46-64)53-30-32-57(33-31-53)62-44-51-76-74(52-62)69-23-13-14-29-75(69)80(76)63-20-5-2-6-21-63/h1-52H. The van der Waals surface area contributed by atoms with E-state index in [0.717, 1.165) is 17.1 Å². The molecule has 80 heavy (non-hydrogen) atoms. The van der Waals surface area contributed by atoms with E-state index in [2.05, 4.69) is 325 Å². The maximum atomic E-state index is 2.37. The second-order valence-electron chi connectivity index (χ2n) is 20.8. The molecule has 0 unspecified atom stereocenters. The topological polar surface area (TPSA) is 8.17 Å². The Morgan fingerprint density at radius 2 is 0.575 bits per heavy atom. The first-order valence-electron chi connectivity index (χ1n) is 27.6. The van der Waals surface area contributed by atoms with Crippen molar-refractivity contribution in [2.24, 2.45) is 0 Å². The van der Waals surface area contributed by atoms with Crippen molar-refractivity contribution in [2.75, 3.05) is 4.90 Å². The molecule has 0 aliphatic rings. The quantitative estimate of drug-likeness (QED) is 0.124. The van der Waals surface area contributed by atoms with Crippen LogP contribution in [-0.4, -0.2) is 4.57 Å². The van der Waals surface area contributed by atoms with Crippen LogP contribution >= 0.6 is 0 Å². The maximum absolute atomic E-state index is 2.37. The van der Waals surface area contributed by atoms with E-state index in [0.29, 0.717) is 0 Å². The second kappa shape index (κ2) is 19.8. The van der Waals surface area contributed by atoms with Gasteiger partial charge in [-0.3, -0.25) is 0 Å². The van der Waals surface area contributed by atoms with Crippen molar-refractivity contribution in [3.8, 4) is 72.4 Å². The summed E-state index contributed by atoms with van der Waals surface area (Å²) in [5, 5.41) is 10.0. The third-order valence-corrected chi connectivity index (χ3v) is 16.2. The number of benzene rings is 14. The first-order valence-corrected chi connectivity index (χ1v) is 27.6. The summed E-state index contributed by atoms with van der Waals surface area (Å²) in [4.78, 5) is 2.37. The summed E-state index contributed by atoms with van der Waals surface area (Å²) < 4.78 is 2.37. The molecule has 0 atom stereocenters. The van der Waals surface area contributed by atoms with Crippen LogP contribution in [0.25, 0.3) is 127 Å². The molecule has 0 fully saturated rings. The van der Waals surface area contributed by atoms with Gasteiger partial charge in [-0.2, -0.15) is 0 Å². The average Bonchev–Trinajstić information content (AvgIpc) is 4.02. The Bertz CT molecular complexity index is 4690. The molecule has 15 aromatic rings.